The molecule has 0 amide bonds. The van der Waals surface area contributed by atoms with Crippen molar-refractivity contribution in [3.05, 3.63) is 75.0 Å². The summed E-state index contributed by atoms with van der Waals surface area (Å²) < 4.78 is 20.0. The fourth-order valence-electron chi connectivity index (χ4n) is 2.49. The SMILES string of the molecule is C=C(Cc1c(C)sc2nc(COc3ccc(F)cc3)cc(=O)n12)N=CN. The summed E-state index contributed by atoms with van der Waals surface area (Å²) in [5, 5.41) is 0. The van der Waals surface area contributed by atoms with Crippen molar-refractivity contribution in [2.75, 3.05) is 0 Å². The molecule has 0 aliphatic heterocycles. The lowest BCUT2D eigenvalue weighted by molar-refractivity contribution is 0.301. The summed E-state index contributed by atoms with van der Waals surface area (Å²) >= 11 is 1.41. The van der Waals surface area contributed by atoms with Gasteiger partial charge in [-0.05, 0) is 31.2 Å². The van der Waals surface area contributed by atoms with E-state index >= 15 is 0 Å². The largest absolute Gasteiger partial charge is 0.487 e. The Hall–Kier alpha value is -3.00. The van der Waals surface area contributed by atoms with Gasteiger partial charge in [0.15, 0.2) is 4.96 Å². The Bertz CT molecular complexity index is 1040. The van der Waals surface area contributed by atoms with Gasteiger partial charge in [0.1, 0.15) is 18.2 Å². The highest BCUT2D eigenvalue weighted by molar-refractivity contribution is 7.17. The summed E-state index contributed by atoms with van der Waals surface area (Å²) in [6.45, 7) is 5.87. The molecular weight excluding hydrogens is 355 g/mol. The van der Waals surface area contributed by atoms with E-state index in [0.717, 1.165) is 10.6 Å². The number of thiazole rings is 1. The second-order valence-electron chi connectivity index (χ2n) is 5.57. The summed E-state index contributed by atoms with van der Waals surface area (Å²) in [5.74, 6) is 0.171. The summed E-state index contributed by atoms with van der Waals surface area (Å²) in [6, 6.07) is 7.11. The lowest BCUT2D eigenvalue weighted by Crippen LogP contribution is -2.17. The summed E-state index contributed by atoms with van der Waals surface area (Å²) in [4.78, 5) is 22.5. The Kier molecular flexibility index (Phi) is 5.13. The van der Waals surface area contributed by atoms with Crippen molar-refractivity contribution in [3.63, 3.8) is 0 Å². The van der Waals surface area contributed by atoms with E-state index in [1.54, 1.807) is 4.40 Å². The number of allylic oxidation sites excluding steroid dienone is 1. The zero-order valence-electron chi connectivity index (χ0n) is 14.1. The maximum Gasteiger partial charge on any atom is 0.259 e. The van der Waals surface area contributed by atoms with Crippen molar-refractivity contribution in [2.45, 2.75) is 20.0 Å². The summed E-state index contributed by atoms with van der Waals surface area (Å²) in [5.41, 5.74) is 6.95. The molecule has 2 N–H and O–H groups in total. The van der Waals surface area contributed by atoms with Gasteiger partial charge in [-0.3, -0.25) is 9.20 Å². The number of ether oxygens (including phenoxy) is 1. The topological polar surface area (TPSA) is 82.0 Å². The predicted octanol–water partition coefficient (Wildman–Crippen LogP) is 2.83. The van der Waals surface area contributed by atoms with E-state index < -0.39 is 0 Å². The van der Waals surface area contributed by atoms with Crippen LogP contribution in [0, 0.1) is 12.7 Å². The van der Waals surface area contributed by atoms with Crippen molar-refractivity contribution >= 4 is 22.6 Å². The van der Waals surface area contributed by atoms with Crippen LogP contribution in [-0.4, -0.2) is 15.7 Å². The number of benzene rings is 1. The van der Waals surface area contributed by atoms with Gasteiger partial charge in [-0.25, -0.2) is 14.4 Å². The molecule has 0 saturated carbocycles. The fraction of sp³-hybridized carbons (Fsp3) is 0.167. The number of hydrogen-bond acceptors (Lipinski definition) is 5. The quantitative estimate of drug-likeness (QED) is 0.533. The molecule has 134 valence electrons. The van der Waals surface area contributed by atoms with Crippen molar-refractivity contribution in [3.8, 4) is 5.75 Å². The van der Waals surface area contributed by atoms with Gasteiger partial charge in [-0.1, -0.05) is 6.58 Å². The normalized spacial score (nSPS) is 11.3. The standard InChI is InChI=1S/C18H17FN4O2S/c1-11(21-10-20)7-16-12(2)26-18-22-14(8-17(24)23(16)18)9-25-15-5-3-13(19)4-6-15/h3-6,8,10H,1,7,9H2,2H3,(H2,20,21). The van der Waals surface area contributed by atoms with Gasteiger partial charge in [-0.2, -0.15) is 0 Å². The van der Waals surface area contributed by atoms with Crippen molar-refractivity contribution in [1.29, 1.82) is 0 Å². The molecule has 3 aromatic rings. The van der Waals surface area contributed by atoms with Crippen molar-refractivity contribution in [1.82, 2.24) is 9.38 Å². The first kappa shape index (κ1) is 17.8. The molecule has 6 nitrogen and oxygen atoms in total. The molecule has 2 aromatic heterocycles. The molecule has 3 rings (SSSR count). The molecule has 0 radical (unpaired) electrons. The van der Waals surface area contributed by atoms with Gasteiger partial charge in [0.25, 0.3) is 5.56 Å². The minimum Gasteiger partial charge on any atom is -0.487 e. The van der Waals surface area contributed by atoms with Crippen molar-refractivity contribution < 1.29 is 9.13 Å². The first-order chi connectivity index (χ1) is 12.5. The molecule has 0 bridgehead atoms. The third kappa shape index (κ3) is 3.80. The Balaban J connectivity index is 1.87. The lowest BCUT2D eigenvalue weighted by Gasteiger charge is -2.06. The summed E-state index contributed by atoms with van der Waals surface area (Å²) in [6.07, 6.45) is 1.59. The number of aryl methyl sites for hydroxylation is 1. The zero-order valence-corrected chi connectivity index (χ0v) is 14.9. The molecule has 8 heteroatoms. The predicted molar refractivity (Wildman–Crippen MR) is 100 cm³/mol. The Morgan fingerprint density at radius 3 is 2.88 bits per heavy atom. The van der Waals surface area contributed by atoms with Gasteiger partial charge in [0.05, 0.1) is 12.0 Å². The fourth-order valence-corrected chi connectivity index (χ4v) is 3.50. The van der Waals surface area contributed by atoms with Crippen LogP contribution in [0.3, 0.4) is 0 Å². The van der Waals surface area contributed by atoms with Crippen molar-refractivity contribution in [2.24, 2.45) is 10.7 Å². The number of aromatic nitrogens is 2. The van der Waals surface area contributed by atoms with Gasteiger partial charge in [0, 0.05) is 28.8 Å². The third-order valence-corrected chi connectivity index (χ3v) is 4.69. The molecule has 2 heterocycles. The van der Waals surface area contributed by atoms with E-state index in [2.05, 4.69) is 16.6 Å². The van der Waals surface area contributed by atoms with Gasteiger partial charge < -0.3 is 10.5 Å². The van der Waals surface area contributed by atoms with E-state index in [9.17, 15) is 9.18 Å². The van der Waals surface area contributed by atoms with Crippen LogP contribution in [0.4, 0.5) is 4.39 Å². The lowest BCUT2D eigenvalue weighted by atomic mass is 10.2. The number of fused-ring (bicyclic) bond motifs is 1. The van der Waals surface area contributed by atoms with Gasteiger partial charge in [-0.15, -0.1) is 11.3 Å². The molecule has 0 aliphatic rings. The molecule has 0 fully saturated rings. The van der Waals surface area contributed by atoms with E-state index in [4.69, 9.17) is 10.5 Å². The third-order valence-electron chi connectivity index (χ3n) is 3.69. The van der Waals surface area contributed by atoms with Crippen LogP contribution < -0.4 is 16.0 Å². The highest BCUT2D eigenvalue weighted by atomic mass is 32.1. The average Bonchev–Trinajstić information content (AvgIpc) is 2.90. The van der Waals surface area contributed by atoms with E-state index in [1.807, 2.05) is 6.92 Å². The van der Waals surface area contributed by atoms with Crippen LogP contribution in [0.5, 0.6) is 5.75 Å². The van der Waals surface area contributed by atoms with Crippen LogP contribution in [0.15, 0.2) is 52.4 Å². The van der Waals surface area contributed by atoms with Gasteiger partial charge >= 0.3 is 0 Å². The Morgan fingerprint density at radius 1 is 1.46 bits per heavy atom. The molecule has 0 saturated heterocycles. The van der Waals surface area contributed by atoms with Crippen LogP contribution in [-0.2, 0) is 13.0 Å². The number of rotatable bonds is 6. The Morgan fingerprint density at radius 2 is 2.19 bits per heavy atom. The number of nitrogens with two attached hydrogens (primary N) is 1. The number of nitrogens with zero attached hydrogens (tertiary/aromatic N) is 3. The van der Waals surface area contributed by atoms with E-state index in [0.29, 0.717) is 28.5 Å². The van der Waals surface area contributed by atoms with Crippen LogP contribution in [0.2, 0.25) is 0 Å². The number of halogens is 1. The summed E-state index contributed by atoms with van der Waals surface area (Å²) in [7, 11) is 0. The second kappa shape index (κ2) is 7.49. The number of aliphatic imine (C=N–C) groups is 1. The highest BCUT2D eigenvalue weighted by Crippen LogP contribution is 2.22. The van der Waals surface area contributed by atoms with Crippen LogP contribution in [0.25, 0.3) is 4.96 Å². The maximum atomic E-state index is 12.9. The molecule has 26 heavy (non-hydrogen) atoms. The second-order valence-corrected chi connectivity index (χ2v) is 6.75. The Labute approximate surface area is 153 Å². The molecule has 0 aliphatic carbocycles. The minimum absolute atomic E-state index is 0.119. The maximum absolute atomic E-state index is 12.9. The van der Waals surface area contributed by atoms with Crippen LogP contribution >= 0.6 is 11.3 Å². The molecular formula is C18H17FN4O2S. The van der Waals surface area contributed by atoms with E-state index in [1.165, 1.54) is 48.0 Å². The van der Waals surface area contributed by atoms with E-state index in [-0.39, 0.29) is 18.0 Å². The minimum atomic E-state index is -0.336. The zero-order chi connectivity index (χ0) is 18.7. The monoisotopic (exact) mass is 372 g/mol. The first-order valence-corrected chi connectivity index (χ1v) is 8.61. The molecule has 1 aromatic carbocycles. The molecule has 0 unspecified atom stereocenters. The highest BCUT2D eigenvalue weighted by Gasteiger charge is 2.14. The van der Waals surface area contributed by atoms with Gasteiger partial charge in [0.2, 0.25) is 0 Å². The van der Waals surface area contributed by atoms with Crippen LogP contribution in [0.1, 0.15) is 16.3 Å². The number of hydrogen-bond donors (Lipinski definition) is 1. The average molecular weight is 372 g/mol. The first-order valence-electron chi connectivity index (χ1n) is 7.79. The smallest absolute Gasteiger partial charge is 0.259 e. The molecule has 0 atom stereocenters. The molecule has 0 spiro atoms.